The van der Waals surface area contributed by atoms with Crippen LogP contribution in [0.2, 0.25) is 0 Å². The molecule has 0 bridgehead atoms. The molecule has 0 N–H and O–H groups in total. The quantitative estimate of drug-likeness (QED) is 0.614. The molecule has 0 aliphatic carbocycles. The summed E-state index contributed by atoms with van der Waals surface area (Å²) < 4.78 is 11.2. The number of amides is 1. The lowest BCUT2D eigenvalue weighted by Gasteiger charge is -2.35. The Hall–Kier alpha value is -3.46. The molecule has 2 saturated heterocycles. The van der Waals surface area contributed by atoms with Crippen molar-refractivity contribution in [3.05, 3.63) is 58.1 Å². The van der Waals surface area contributed by atoms with Gasteiger partial charge in [-0.2, -0.15) is 4.98 Å². The molecule has 2 aliphatic rings. The largest absolute Gasteiger partial charge is 0.451 e. The minimum Gasteiger partial charge on any atom is -0.451 e. The van der Waals surface area contributed by atoms with Gasteiger partial charge in [0.05, 0.1) is 18.6 Å². The van der Waals surface area contributed by atoms with E-state index in [1.54, 1.807) is 29.2 Å². The smallest absolute Gasteiger partial charge is 0.289 e. The van der Waals surface area contributed by atoms with E-state index in [9.17, 15) is 9.59 Å². The molecular weight excluding hydrogens is 410 g/mol. The Labute approximate surface area is 185 Å². The zero-order valence-electron chi connectivity index (χ0n) is 18.0. The van der Waals surface area contributed by atoms with Gasteiger partial charge in [-0.1, -0.05) is 12.1 Å². The van der Waals surface area contributed by atoms with Crippen LogP contribution in [0.25, 0.3) is 11.0 Å². The van der Waals surface area contributed by atoms with Gasteiger partial charge in [-0.25, -0.2) is 4.98 Å². The summed E-state index contributed by atoms with van der Waals surface area (Å²) in [6, 6.07) is 10.2. The van der Waals surface area contributed by atoms with Gasteiger partial charge in [0.15, 0.2) is 11.2 Å². The van der Waals surface area contributed by atoms with Crippen LogP contribution in [0.5, 0.6) is 0 Å². The second-order valence-corrected chi connectivity index (χ2v) is 8.02. The van der Waals surface area contributed by atoms with Crippen LogP contribution >= 0.6 is 0 Å². The van der Waals surface area contributed by atoms with Crippen LogP contribution in [-0.2, 0) is 4.74 Å². The number of benzene rings is 1. The SMILES string of the molecule is Cc1cc(N2CCOCC2)nc(N2CCN(C(=O)c3cc(=O)c4ccccc4o3)CC2)n1. The van der Waals surface area contributed by atoms with Crippen molar-refractivity contribution < 1.29 is 13.9 Å². The van der Waals surface area contributed by atoms with E-state index in [0.29, 0.717) is 56.3 Å². The molecule has 1 aromatic carbocycles. The zero-order chi connectivity index (χ0) is 22.1. The first-order valence-corrected chi connectivity index (χ1v) is 10.8. The summed E-state index contributed by atoms with van der Waals surface area (Å²) in [7, 11) is 0. The lowest BCUT2D eigenvalue weighted by atomic mass is 10.2. The fourth-order valence-electron chi connectivity index (χ4n) is 4.11. The van der Waals surface area contributed by atoms with E-state index >= 15 is 0 Å². The molecular formula is C23H25N5O4. The van der Waals surface area contributed by atoms with Crippen molar-refractivity contribution in [3.8, 4) is 0 Å². The molecule has 2 aliphatic heterocycles. The Morgan fingerprint density at radius 3 is 2.47 bits per heavy atom. The number of anilines is 2. The molecule has 0 spiro atoms. The van der Waals surface area contributed by atoms with Crippen LogP contribution in [0.1, 0.15) is 16.2 Å². The third kappa shape index (κ3) is 4.03. The summed E-state index contributed by atoms with van der Waals surface area (Å²) >= 11 is 0. The van der Waals surface area contributed by atoms with Crippen LogP contribution in [0, 0.1) is 6.92 Å². The van der Waals surface area contributed by atoms with Crippen LogP contribution in [-0.4, -0.2) is 73.3 Å². The van der Waals surface area contributed by atoms with E-state index < -0.39 is 0 Å². The van der Waals surface area contributed by atoms with E-state index in [1.807, 2.05) is 13.0 Å². The number of aromatic nitrogens is 2. The first-order valence-electron chi connectivity index (χ1n) is 10.8. The molecule has 0 atom stereocenters. The van der Waals surface area contributed by atoms with Gasteiger partial charge < -0.3 is 23.9 Å². The molecule has 5 rings (SSSR count). The number of piperazine rings is 1. The van der Waals surface area contributed by atoms with Crippen molar-refractivity contribution >= 4 is 28.6 Å². The van der Waals surface area contributed by atoms with E-state index in [1.165, 1.54) is 6.07 Å². The van der Waals surface area contributed by atoms with Crippen LogP contribution in [0.3, 0.4) is 0 Å². The fraction of sp³-hybridized carbons (Fsp3) is 0.391. The highest BCUT2D eigenvalue weighted by atomic mass is 16.5. The predicted molar refractivity (Wildman–Crippen MR) is 120 cm³/mol. The molecule has 2 aromatic heterocycles. The topological polar surface area (TPSA) is 92.0 Å². The summed E-state index contributed by atoms with van der Waals surface area (Å²) in [5.41, 5.74) is 1.12. The number of morpholine rings is 1. The number of nitrogens with zero attached hydrogens (tertiary/aromatic N) is 5. The normalized spacial score (nSPS) is 17.1. The Bertz CT molecular complexity index is 1200. The summed E-state index contributed by atoms with van der Waals surface area (Å²) in [4.78, 5) is 40.7. The van der Waals surface area contributed by atoms with E-state index in [4.69, 9.17) is 14.1 Å². The summed E-state index contributed by atoms with van der Waals surface area (Å²) in [6.07, 6.45) is 0. The van der Waals surface area contributed by atoms with Gasteiger partial charge in [0.1, 0.15) is 11.4 Å². The van der Waals surface area contributed by atoms with Gasteiger partial charge in [0.2, 0.25) is 5.95 Å². The van der Waals surface area contributed by atoms with Crippen molar-refractivity contribution in [3.63, 3.8) is 0 Å². The number of rotatable bonds is 3. The number of fused-ring (bicyclic) bond motifs is 1. The average Bonchev–Trinajstić information content (AvgIpc) is 2.84. The number of carbonyl (C=O) groups is 1. The first-order chi connectivity index (χ1) is 15.6. The predicted octanol–water partition coefficient (Wildman–Crippen LogP) is 1.69. The second kappa shape index (κ2) is 8.58. The van der Waals surface area contributed by atoms with Crippen molar-refractivity contribution in [2.24, 2.45) is 0 Å². The van der Waals surface area contributed by atoms with Crippen LogP contribution in [0.15, 0.2) is 45.6 Å². The van der Waals surface area contributed by atoms with Crippen molar-refractivity contribution in [2.45, 2.75) is 6.92 Å². The van der Waals surface area contributed by atoms with Crippen LogP contribution in [0.4, 0.5) is 11.8 Å². The van der Waals surface area contributed by atoms with Gasteiger partial charge in [-0.3, -0.25) is 9.59 Å². The van der Waals surface area contributed by atoms with Crippen molar-refractivity contribution in [1.82, 2.24) is 14.9 Å². The highest BCUT2D eigenvalue weighted by Crippen LogP contribution is 2.20. The maximum absolute atomic E-state index is 13.0. The van der Waals surface area contributed by atoms with Crippen LogP contribution < -0.4 is 15.2 Å². The summed E-state index contributed by atoms with van der Waals surface area (Å²) in [6.45, 7) is 7.21. The van der Waals surface area contributed by atoms with E-state index in [0.717, 1.165) is 24.6 Å². The fourth-order valence-corrected chi connectivity index (χ4v) is 4.11. The average molecular weight is 435 g/mol. The first kappa shape index (κ1) is 20.4. The number of carbonyl (C=O) groups excluding carboxylic acids is 1. The highest BCUT2D eigenvalue weighted by molar-refractivity contribution is 5.93. The minimum absolute atomic E-state index is 0.0727. The maximum Gasteiger partial charge on any atom is 0.289 e. The van der Waals surface area contributed by atoms with Gasteiger partial charge in [-0.15, -0.1) is 0 Å². The third-order valence-corrected chi connectivity index (χ3v) is 5.86. The maximum atomic E-state index is 13.0. The second-order valence-electron chi connectivity index (χ2n) is 8.02. The summed E-state index contributed by atoms with van der Waals surface area (Å²) in [5, 5.41) is 0.474. The molecule has 0 saturated carbocycles. The number of aryl methyl sites for hydroxylation is 1. The van der Waals surface area contributed by atoms with Gasteiger partial charge >= 0.3 is 0 Å². The molecule has 1 amide bonds. The Morgan fingerprint density at radius 1 is 0.938 bits per heavy atom. The molecule has 0 radical (unpaired) electrons. The highest BCUT2D eigenvalue weighted by Gasteiger charge is 2.26. The van der Waals surface area contributed by atoms with Gasteiger partial charge in [0, 0.05) is 57.1 Å². The molecule has 3 aromatic rings. The molecule has 0 unspecified atom stereocenters. The number of hydrogen-bond acceptors (Lipinski definition) is 8. The molecule has 166 valence electrons. The lowest BCUT2D eigenvalue weighted by molar-refractivity contribution is 0.0714. The standard InChI is InChI=1S/C23H25N5O4/c1-16-14-21(26-10-12-31-13-11-26)25-23(24-16)28-8-6-27(7-9-28)22(30)20-15-18(29)17-4-2-3-5-19(17)32-20/h2-5,14-15H,6-13H2,1H3. The van der Waals surface area contributed by atoms with Gasteiger partial charge in [0.25, 0.3) is 5.91 Å². The molecule has 9 heteroatoms. The number of hydrogen-bond donors (Lipinski definition) is 0. The van der Waals surface area contributed by atoms with Crippen molar-refractivity contribution in [1.29, 1.82) is 0 Å². The number of ether oxygens (including phenoxy) is 1. The Morgan fingerprint density at radius 2 is 1.69 bits per heavy atom. The van der Waals surface area contributed by atoms with Gasteiger partial charge in [-0.05, 0) is 19.1 Å². The number of para-hydroxylation sites is 1. The third-order valence-electron chi connectivity index (χ3n) is 5.86. The summed E-state index contributed by atoms with van der Waals surface area (Å²) in [5.74, 6) is 1.39. The monoisotopic (exact) mass is 435 g/mol. The zero-order valence-corrected chi connectivity index (χ0v) is 18.0. The van der Waals surface area contributed by atoms with E-state index in [-0.39, 0.29) is 17.1 Å². The molecule has 9 nitrogen and oxygen atoms in total. The van der Waals surface area contributed by atoms with E-state index in [2.05, 4.69) is 14.8 Å². The minimum atomic E-state index is -0.272. The molecule has 4 heterocycles. The molecule has 32 heavy (non-hydrogen) atoms. The van der Waals surface area contributed by atoms with Crippen molar-refractivity contribution in [2.75, 3.05) is 62.3 Å². The Balaban J connectivity index is 1.30. The lowest BCUT2D eigenvalue weighted by Crippen LogP contribution is -2.49. The molecule has 2 fully saturated rings. The Kier molecular flexibility index (Phi) is 5.48.